The van der Waals surface area contributed by atoms with Gasteiger partial charge in [-0.15, -0.1) is 0 Å². The largest absolute Gasteiger partial charge is 2.00 e. The Morgan fingerprint density at radius 3 is 1.59 bits per heavy atom. The molecule has 0 amide bonds. The summed E-state index contributed by atoms with van der Waals surface area (Å²) in [5.41, 5.74) is 2.10. The molecule has 1 N–H and O–H groups in total. The molecular formula is C12H13N3Zn2+4. The smallest absolute Gasteiger partial charge is 0.306 e. The maximum absolute atomic E-state index is 4.23. The second-order valence-corrected chi connectivity index (χ2v) is 3.25. The van der Waals surface area contributed by atoms with Crippen molar-refractivity contribution in [1.29, 1.82) is 0 Å². The Morgan fingerprint density at radius 1 is 0.765 bits per heavy atom. The SMILES string of the molecule is [Zn+2].[Zn+2].c1ccc(CNCc2ccccn2)nc1. The first kappa shape index (κ1) is 16.5. The fraction of sp³-hybridized carbons (Fsp3) is 0.167. The van der Waals surface area contributed by atoms with Crippen LogP contribution in [-0.4, -0.2) is 9.97 Å². The van der Waals surface area contributed by atoms with Crippen LogP contribution in [-0.2, 0) is 52.0 Å². The average molecular weight is 330 g/mol. The summed E-state index contributed by atoms with van der Waals surface area (Å²) >= 11 is 0. The van der Waals surface area contributed by atoms with Crippen LogP contribution in [0.4, 0.5) is 0 Å². The Hall–Kier alpha value is -0.493. The minimum absolute atomic E-state index is 0. The second kappa shape index (κ2) is 9.53. The van der Waals surface area contributed by atoms with E-state index >= 15 is 0 Å². The number of rotatable bonds is 4. The van der Waals surface area contributed by atoms with Gasteiger partial charge >= 0.3 is 39.0 Å². The van der Waals surface area contributed by atoms with Crippen molar-refractivity contribution in [3.05, 3.63) is 60.2 Å². The predicted octanol–water partition coefficient (Wildman–Crippen LogP) is 1.76. The van der Waals surface area contributed by atoms with Gasteiger partial charge in [0, 0.05) is 25.5 Å². The topological polar surface area (TPSA) is 37.8 Å². The van der Waals surface area contributed by atoms with E-state index in [-0.39, 0.29) is 39.0 Å². The van der Waals surface area contributed by atoms with Crippen LogP contribution < -0.4 is 5.32 Å². The van der Waals surface area contributed by atoms with Crippen LogP contribution in [0.15, 0.2) is 48.8 Å². The number of hydrogen-bond acceptors (Lipinski definition) is 3. The summed E-state index contributed by atoms with van der Waals surface area (Å²) in [4.78, 5) is 8.45. The Balaban J connectivity index is 0.00000128. The molecule has 0 bridgehead atoms. The molecule has 5 heteroatoms. The zero-order valence-corrected chi connectivity index (χ0v) is 15.8. The Labute approximate surface area is 127 Å². The molecule has 0 spiro atoms. The molecule has 0 atom stereocenters. The van der Waals surface area contributed by atoms with Gasteiger partial charge in [0.05, 0.1) is 11.4 Å². The summed E-state index contributed by atoms with van der Waals surface area (Å²) < 4.78 is 0. The van der Waals surface area contributed by atoms with E-state index < -0.39 is 0 Å². The number of hydrogen-bond donors (Lipinski definition) is 1. The maximum Gasteiger partial charge on any atom is 2.00 e. The molecule has 0 radical (unpaired) electrons. The fourth-order valence-electron chi connectivity index (χ4n) is 1.32. The Bertz CT molecular complexity index is 356. The van der Waals surface area contributed by atoms with Gasteiger partial charge in [-0.3, -0.25) is 9.97 Å². The number of nitrogens with one attached hydrogen (secondary N) is 1. The van der Waals surface area contributed by atoms with E-state index in [2.05, 4.69) is 15.3 Å². The van der Waals surface area contributed by atoms with Gasteiger partial charge < -0.3 is 5.32 Å². The van der Waals surface area contributed by atoms with Crippen molar-refractivity contribution < 1.29 is 39.0 Å². The van der Waals surface area contributed by atoms with Crippen LogP contribution in [0.3, 0.4) is 0 Å². The van der Waals surface area contributed by atoms with Crippen molar-refractivity contribution in [1.82, 2.24) is 15.3 Å². The third kappa shape index (κ3) is 6.12. The van der Waals surface area contributed by atoms with Gasteiger partial charge in [-0.1, -0.05) is 12.1 Å². The van der Waals surface area contributed by atoms with Gasteiger partial charge in [-0.05, 0) is 24.3 Å². The van der Waals surface area contributed by atoms with Crippen LogP contribution in [0.25, 0.3) is 0 Å². The molecule has 0 aliphatic heterocycles. The molecule has 0 aliphatic carbocycles. The molecule has 3 nitrogen and oxygen atoms in total. The van der Waals surface area contributed by atoms with Crippen molar-refractivity contribution >= 4 is 0 Å². The molecule has 17 heavy (non-hydrogen) atoms. The molecule has 2 aromatic heterocycles. The normalized spacial score (nSPS) is 8.94. The molecule has 2 heterocycles. The van der Waals surface area contributed by atoms with E-state index in [1.807, 2.05) is 36.4 Å². The first-order valence-electron chi connectivity index (χ1n) is 4.96. The van der Waals surface area contributed by atoms with Crippen LogP contribution in [0, 0.1) is 0 Å². The fourth-order valence-corrected chi connectivity index (χ4v) is 1.32. The van der Waals surface area contributed by atoms with Crippen LogP contribution in [0.1, 0.15) is 11.4 Å². The van der Waals surface area contributed by atoms with Gasteiger partial charge in [0.1, 0.15) is 0 Å². The van der Waals surface area contributed by atoms with E-state index in [0.29, 0.717) is 0 Å². The molecule has 0 aliphatic rings. The van der Waals surface area contributed by atoms with Crippen LogP contribution in [0.2, 0.25) is 0 Å². The van der Waals surface area contributed by atoms with Crippen molar-refractivity contribution in [3.63, 3.8) is 0 Å². The molecule has 0 aromatic carbocycles. The Kier molecular flexibility index (Phi) is 9.25. The van der Waals surface area contributed by atoms with Crippen LogP contribution in [0.5, 0.6) is 0 Å². The summed E-state index contributed by atoms with van der Waals surface area (Å²) in [6.07, 6.45) is 3.61. The average Bonchev–Trinajstić information content (AvgIpc) is 2.32. The van der Waals surface area contributed by atoms with Crippen molar-refractivity contribution in [2.45, 2.75) is 13.1 Å². The molecule has 2 aromatic rings. The van der Waals surface area contributed by atoms with Gasteiger partial charge in [0.25, 0.3) is 0 Å². The van der Waals surface area contributed by atoms with E-state index in [0.717, 1.165) is 24.5 Å². The van der Waals surface area contributed by atoms with Crippen LogP contribution >= 0.6 is 0 Å². The summed E-state index contributed by atoms with van der Waals surface area (Å²) in [7, 11) is 0. The van der Waals surface area contributed by atoms with Crippen molar-refractivity contribution in [3.8, 4) is 0 Å². The molecule has 0 fully saturated rings. The molecule has 2 rings (SSSR count). The number of pyridine rings is 2. The monoisotopic (exact) mass is 327 g/mol. The molecule has 0 saturated heterocycles. The summed E-state index contributed by atoms with van der Waals surface area (Å²) in [6, 6.07) is 11.8. The van der Waals surface area contributed by atoms with Crippen molar-refractivity contribution in [2.75, 3.05) is 0 Å². The molecule has 0 saturated carbocycles. The first-order chi connectivity index (χ1) is 7.45. The number of aromatic nitrogens is 2. The maximum atomic E-state index is 4.23. The second-order valence-electron chi connectivity index (χ2n) is 3.25. The summed E-state index contributed by atoms with van der Waals surface area (Å²) in [5, 5.41) is 3.29. The molecule has 76 valence electrons. The standard InChI is InChI=1S/C12H13N3.2Zn/c1-3-7-14-11(5-1)9-13-10-12-6-2-4-8-15-12;;/h1-8,13H,9-10H2;;/q;2*+2. The molecule has 0 unspecified atom stereocenters. The predicted molar refractivity (Wildman–Crippen MR) is 59.0 cm³/mol. The van der Waals surface area contributed by atoms with Gasteiger partial charge in [0.15, 0.2) is 0 Å². The quantitative estimate of drug-likeness (QED) is 0.869. The molecular weight excluding hydrogens is 317 g/mol. The number of nitrogens with zero attached hydrogens (tertiary/aromatic N) is 2. The summed E-state index contributed by atoms with van der Waals surface area (Å²) in [5.74, 6) is 0. The Morgan fingerprint density at radius 2 is 1.24 bits per heavy atom. The zero-order valence-electron chi connectivity index (χ0n) is 9.84. The van der Waals surface area contributed by atoms with E-state index in [9.17, 15) is 0 Å². The minimum atomic E-state index is 0. The van der Waals surface area contributed by atoms with E-state index in [1.165, 1.54) is 0 Å². The van der Waals surface area contributed by atoms with E-state index in [1.54, 1.807) is 12.4 Å². The van der Waals surface area contributed by atoms with Gasteiger partial charge in [-0.2, -0.15) is 0 Å². The van der Waals surface area contributed by atoms with Gasteiger partial charge in [-0.25, -0.2) is 0 Å². The zero-order chi connectivity index (χ0) is 10.3. The van der Waals surface area contributed by atoms with E-state index in [4.69, 9.17) is 0 Å². The summed E-state index contributed by atoms with van der Waals surface area (Å²) in [6.45, 7) is 1.55. The van der Waals surface area contributed by atoms with Crippen molar-refractivity contribution in [2.24, 2.45) is 0 Å². The van der Waals surface area contributed by atoms with Gasteiger partial charge in [0.2, 0.25) is 0 Å². The third-order valence-electron chi connectivity index (χ3n) is 2.06. The first-order valence-corrected chi connectivity index (χ1v) is 4.96. The third-order valence-corrected chi connectivity index (χ3v) is 2.06. The minimum Gasteiger partial charge on any atom is -0.306 e.